The van der Waals surface area contributed by atoms with E-state index in [1.807, 2.05) is 0 Å². The Labute approximate surface area is 127 Å². The highest BCUT2D eigenvalue weighted by Crippen LogP contribution is 2.19. The van der Waals surface area contributed by atoms with Crippen LogP contribution in [0.15, 0.2) is 30.5 Å². The molecule has 0 aliphatic heterocycles. The molecule has 0 radical (unpaired) electrons. The molecule has 0 saturated heterocycles. The van der Waals surface area contributed by atoms with Gasteiger partial charge in [-0.2, -0.15) is 5.10 Å². The van der Waals surface area contributed by atoms with Gasteiger partial charge in [-0.15, -0.1) is 0 Å². The highest BCUT2D eigenvalue weighted by atomic mass is 32.2. The number of sulfone groups is 1. The third kappa shape index (κ3) is 4.52. The Kier molecular flexibility index (Phi) is 4.80. The van der Waals surface area contributed by atoms with E-state index in [1.165, 1.54) is 17.0 Å². The molecule has 0 bridgehead atoms. The Bertz CT molecular complexity index is 759. The van der Waals surface area contributed by atoms with Crippen LogP contribution in [0.4, 0.5) is 14.6 Å². The normalized spacial score (nSPS) is 13.1. The first-order valence-corrected chi connectivity index (χ1v) is 8.73. The van der Waals surface area contributed by atoms with Crippen LogP contribution in [-0.4, -0.2) is 30.2 Å². The second-order valence-corrected chi connectivity index (χ2v) is 7.39. The van der Waals surface area contributed by atoms with Crippen molar-refractivity contribution in [2.75, 3.05) is 17.3 Å². The summed E-state index contributed by atoms with van der Waals surface area (Å²) < 4.78 is 49.9. The summed E-state index contributed by atoms with van der Waals surface area (Å²) in [6.07, 6.45) is 2.83. The molecular weight excluding hydrogens is 312 g/mol. The molecule has 22 heavy (non-hydrogen) atoms. The zero-order valence-corrected chi connectivity index (χ0v) is 13.1. The van der Waals surface area contributed by atoms with Crippen molar-refractivity contribution in [3.8, 4) is 0 Å². The summed E-state index contributed by atoms with van der Waals surface area (Å²) in [6.45, 7) is 2.06. The van der Waals surface area contributed by atoms with E-state index in [4.69, 9.17) is 0 Å². The fourth-order valence-electron chi connectivity index (χ4n) is 1.91. The Morgan fingerprint density at radius 2 is 2.00 bits per heavy atom. The van der Waals surface area contributed by atoms with Gasteiger partial charge >= 0.3 is 0 Å². The van der Waals surface area contributed by atoms with Crippen LogP contribution in [0.3, 0.4) is 0 Å². The molecule has 0 aliphatic rings. The molecule has 0 fully saturated rings. The maximum atomic E-state index is 13.2. The molecule has 1 N–H and O–H groups in total. The lowest BCUT2D eigenvalue weighted by molar-refractivity contribution is 0.506. The van der Waals surface area contributed by atoms with Crippen LogP contribution in [0.2, 0.25) is 0 Å². The SMILES string of the molecule is C[C@H](Nc1ccn(CCS(C)(=O)=O)n1)c1ccc(F)c(F)c1. The fraction of sp³-hybridized carbons (Fsp3) is 0.357. The lowest BCUT2D eigenvalue weighted by Crippen LogP contribution is -2.12. The Balaban J connectivity index is 2.01. The Morgan fingerprint density at radius 1 is 1.27 bits per heavy atom. The largest absolute Gasteiger partial charge is 0.362 e. The van der Waals surface area contributed by atoms with Gasteiger partial charge < -0.3 is 5.32 Å². The van der Waals surface area contributed by atoms with Crippen molar-refractivity contribution in [2.24, 2.45) is 0 Å². The smallest absolute Gasteiger partial charge is 0.159 e. The summed E-state index contributed by atoms with van der Waals surface area (Å²) in [5.41, 5.74) is 0.588. The maximum Gasteiger partial charge on any atom is 0.159 e. The lowest BCUT2D eigenvalue weighted by Gasteiger charge is -2.13. The van der Waals surface area contributed by atoms with Crippen molar-refractivity contribution in [3.63, 3.8) is 0 Å². The van der Waals surface area contributed by atoms with Gasteiger partial charge in [-0.3, -0.25) is 4.68 Å². The topological polar surface area (TPSA) is 64.0 Å². The number of nitrogens with zero attached hydrogens (tertiary/aromatic N) is 2. The van der Waals surface area contributed by atoms with Crippen molar-refractivity contribution >= 4 is 15.7 Å². The van der Waals surface area contributed by atoms with Crippen molar-refractivity contribution in [1.82, 2.24) is 9.78 Å². The predicted octanol–water partition coefficient (Wildman–Crippen LogP) is 2.38. The second-order valence-electron chi connectivity index (χ2n) is 5.13. The van der Waals surface area contributed by atoms with Gasteiger partial charge in [0.2, 0.25) is 0 Å². The molecule has 0 saturated carbocycles. The van der Waals surface area contributed by atoms with E-state index in [1.54, 1.807) is 19.2 Å². The van der Waals surface area contributed by atoms with Gasteiger partial charge in [0.05, 0.1) is 18.3 Å². The molecule has 1 heterocycles. The van der Waals surface area contributed by atoms with Gasteiger partial charge in [0.1, 0.15) is 15.7 Å². The first kappa shape index (κ1) is 16.4. The van der Waals surface area contributed by atoms with E-state index < -0.39 is 21.5 Å². The average molecular weight is 329 g/mol. The van der Waals surface area contributed by atoms with Crippen LogP contribution in [0.5, 0.6) is 0 Å². The van der Waals surface area contributed by atoms with Crippen molar-refractivity contribution < 1.29 is 17.2 Å². The number of anilines is 1. The predicted molar refractivity (Wildman–Crippen MR) is 80.3 cm³/mol. The third-order valence-corrected chi connectivity index (χ3v) is 4.06. The average Bonchev–Trinajstić information content (AvgIpc) is 2.86. The standard InChI is InChI=1S/C14H17F2N3O2S/c1-10(11-3-4-12(15)13(16)9-11)17-14-5-6-19(18-14)7-8-22(2,20)21/h3-6,9-10H,7-8H2,1-2H3,(H,17,18)/t10-/m0/s1. The number of benzene rings is 1. The van der Waals surface area contributed by atoms with Crippen LogP contribution < -0.4 is 5.32 Å². The number of hydrogen-bond donors (Lipinski definition) is 1. The van der Waals surface area contributed by atoms with Gasteiger partial charge in [-0.25, -0.2) is 17.2 Å². The summed E-state index contributed by atoms with van der Waals surface area (Å²) in [4.78, 5) is 0. The number of halogens is 2. The molecule has 1 aromatic heterocycles. The minimum Gasteiger partial charge on any atom is -0.362 e. The summed E-state index contributed by atoms with van der Waals surface area (Å²) in [7, 11) is -3.05. The molecule has 2 rings (SSSR count). The highest BCUT2D eigenvalue weighted by Gasteiger charge is 2.11. The molecule has 1 atom stereocenters. The molecule has 0 amide bonds. The highest BCUT2D eigenvalue weighted by molar-refractivity contribution is 7.90. The van der Waals surface area contributed by atoms with Crippen molar-refractivity contribution in [3.05, 3.63) is 47.7 Å². The van der Waals surface area contributed by atoms with Crippen LogP contribution in [0.25, 0.3) is 0 Å². The second kappa shape index (κ2) is 6.43. The number of aromatic nitrogens is 2. The fourth-order valence-corrected chi connectivity index (χ4v) is 2.43. The number of rotatable bonds is 6. The zero-order chi connectivity index (χ0) is 16.3. The van der Waals surface area contributed by atoms with E-state index in [-0.39, 0.29) is 18.3 Å². The molecule has 120 valence electrons. The Hall–Kier alpha value is -1.96. The van der Waals surface area contributed by atoms with E-state index in [0.717, 1.165) is 12.1 Å². The molecule has 0 unspecified atom stereocenters. The minimum atomic E-state index is -3.05. The van der Waals surface area contributed by atoms with Gasteiger partial charge in [0.25, 0.3) is 0 Å². The van der Waals surface area contributed by atoms with Crippen LogP contribution >= 0.6 is 0 Å². The zero-order valence-electron chi connectivity index (χ0n) is 12.3. The van der Waals surface area contributed by atoms with E-state index in [2.05, 4.69) is 10.4 Å². The summed E-state index contributed by atoms with van der Waals surface area (Å²) >= 11 is 0. The van der Waals surface area contributed by atoms with E-state index >= 15 is 0 Å². The molecule has 2 aromatic rings. The quantitative estimate of drug-likeness (QED) is 0.884. The summed E-state index contributed by atoms with van der Waals surface area (Å²) in [5, 5.41) is 7.24. The number of hydrogen-bond acceptors (Lipinski definition) is 4. The third-order valence-electron chi connectivity index (χ3n) is 3.14. The van der Waals surface area contributed by atoms with Crippen LogP contribution in [0, 0.1) is 11.6 Å². The van der Waals surface area contributed by atoms with Gasteiger partial charge in [0.15, 0.2) is 11.6 Å². The number of aryl methyl sites for hydroxylation is 1. The molecule has 0 aliphatic carbocycles. The van der Waals surface area contributed by atoms with Gasteiger partial charge in [-0.05, 0) is 24.6 Å². The van der Waals surface area contributed by atoms with E-state index in [9.17, 15) is 17.2 Å². The summed E-state index contributed by atoms with van der Waals surface area (Å²) in [6, 6.07) is 5.13. The lowest BCUT2D eigenvalue weighted by atomic mass is 10.1. The van der Waals surface area contributed by atoms with Gasteiger partial charge in [-0.1, -0.05) is 6.07 Å². The Morgan fingerprint density at radius 3 is 2.64 bits per heavy atom. The minimum absolute atomic E-state index is 0.00679. The molecule has 5 nitrogen and oxygen atoms in total. The van der Waals surface area contributed by atoms with Crippen molar-refractivity contribution in [1.29, 1.82) is 0 Å². The molecule has 8 heteroatoms. The van der Waals surface area contributed by atoms with Crippen LogP contribution in [0.1, 0.15) is 18.5 Å². The van der Waals surface area contributed by atoms with Crippen LogP contribution in [-0.2, 0) is 16.4 Å². The molecule has 1 aromatic carbocycles. The van der Waals surface area contributed by atoms with Gasteiger partial charge in [0, 0.05) is 18.5 Å². The summed E-state index contributed by atoms with van der Waals surface area (Å²) in [5.74, 6) is -1.25. The van der Waals surface area contributed by atoms with Crippen molar-refractivity contribution in [2.45, 2.75) is 19.5 Å². The number of nitrogens with one attached hydrogen (secondary N) is 1. The monoisotopic (exact) mass is 329 g/mol. The molecular formula is C14H17F2N3O2S. The van der Waals surface area contributed by atoms with E-state index in [0.29, 0.717) is 11.4 Å². The maximum absolute atomic E-state index is 13.2. The first-order valence-electron chi connectivity index (χ1n) is 6.67. The molecule has 0 spiro atoms. The first-order chi connectivity index (χ1) is 10.2.